The van der Waals surface area contributed by atoms with Crippen LogP contribution >= 0.6 is 11.3 Å². The Bertz CT molecular complexity index is 305. The quantitative estimate of drug-likeness (QED) is 0.853. The van der Waals surface area contributed by atoms with E-state index in [1.807, 2.05) is 11.6 Å². The van der Waals surface area contributed by atoms with Crippen molar-refractivity contribution in [2.45, 2.75) is 46.2 Å². The summed E-state index contributed by atoms with van der Waals surface area (Å²) in [5, 5.41) is 6.88. The van der Waals surface area contributed by atoms with Crippen LogP contribution in [0.4, 0.5) is 0 Å². The van der Waals surface area contributed by atoms with Crippen LogP contribution < -0.4 is 5.32 Å². The number of aromatic nitrogens is 1. The molecule has 1 aliphatic carbocycles. The van der Waals surface area contributed by atoms with Crippen LogP contribution in [-0.4, -0.2) is 11.0 Å². The van der Waals surface area contributed by atoms with Crippen molar-refractivity contribution in [2.75, 3.05) is 0 Å². The zero-order valence-electron chi connectivity index (χ0n) is 9.79. The molecule has 15 heavy (non-hydrogen) atoms. The Kier molecular flexibility index (Phi) is 3.12. The molecule has 0 bridgehead atoms. The van der Waals surface area contributed by atoms with Crippen LogP contribution in [0.2, 0.25) is 0 Å². The number of nitrogens with zero attached hydrogens (tertiary/aromatic N) is 1. The van der Waals surface area contributed by atoms with Gasteiger partial charge in [0.05, 0.1) is 0 Å². The monoisotopic (exact) mass is 224 g/mol. The highest BCUT2D eigenvalue weighted by Crippen LogP contribution is 2.40. The Morgan fingerprint density at radius 1 is 1.53 bits per heavy atom. The lowest BCUT2D eigenvalue weighted by Crippen LogP contribution is -2.31. The molecular weight excluding hydrogens is 204 g/mol. The van der Waals surface area contributed by atoms with E-state index in [4.69, 9.17) is 0 Å². The molecule has 0 aliphatic heterocycles. The summed E-state index contributed by atoms with van der Waals surface area (Å²) in [6.45, 7) is 8.03. The lowest BCUT2D eigenvalue weighted by molar-refractivity contribution is 0.362. The molecule has 1 fully saturated rings. The number of hydrogen-bond donors (Lipinski definition) is 1. The molecule has 3 heteroatoms. The molecule has 1 N–H and O–H groups in total. The van der Waals surface area contributed by atoms with E-state index >= 15 is 0 Å². The minimum absolute atomic E-state index is 0.514. The van der Waals surface area contributed by atoms with Gasteiger partial charge in [-0.05, 0) is 24.2 Å². The summed E-state index contributed by atoms with van der Waals surface area (Å²) in [4.78, 5) is 4.29. The van der Waals surface area contributed by atoms with Crippen molar-refractivity contribution in [3.8, 4) is 0 Å². The highest BCUT2D eigenvalue weighted by atomic mass is 32.1. The predicted molar refractivity (Wildman–Crippen MR) is 64.9 cm³/mol. The van der Waals surface area contributed by atoms with E-state index in [1.165, 1.54) is 17.8 Å². The Balaban J connectivity index is 1.85. The molecule has 0 aromatic carbocycles. The third-order valence-electron chi connectivity index (χ3n) is 3.33. The van der Waals surface area contributed by atoms with Crippen LogP contribution in [-0.2, 0) is 6.54 Å². The number of nitrogens with one attached hydrogen (secondary N) is 1. The lowest BCUT2D eigenvalue weighted by Gasteiger charge is -2.17. The van der Waals surface area contributed by atoms with Gasteiger partial charge < -0.3 is 5.32 Å². The van der Waals surface area contributed by atoms with Gasteiger partial charge in [-0.25, -0.2) is 4.98 Å². The number of thiazole rings is 1. The van der Waals surface area contributed by atoms with Crippen LogP contribution in [0.1, 0.15) is 38.6 Å². The fraction of sp³-hybridized carbons (Fsp3) is 0.750. The molecule has 0 radical (unpaired) electrons. The average Bonchev–Trinajstić information content (AvgIpc) is 2.70. The standard InChI is InChI=1S/C12H20N2S/c1-9-6-12(2,3)7-10(9)14-8-11-13-4-5-15-11/h4-5,9-10,14H,6-8H2,1-3H3/t9-,10-/m1/s1. The fourth-order valence-corrected chi connectivity index (χ4v) is 3.29. The smallest absolute Gasteiger partial charge is 0.106 e. The first-order valence-corrected chi connectivity index (χ1v) is 6.56. The van der Waals surface area contributed by atoms with Crippen LogP contribution in [0.25, 0.3) is 0 Å². The van der Waals surface area contributed by atoms with Crippen molar-refractivity contribution in [2.24, 2.45) is 11.3 Å². The molecule has 0 amide bonds. The molecule has 0 saturated heterocycles. The highest BCUT2D eigenvalue weighted by Gasteiger charge is 2.36. The molecular formula is C12H20N2S. The first-order chi connectivity index (χ1) is 7.07. The summed E-state index contributed by atoms with van der Waals surface area (Å²) in [6, 6.07) is 0.670. The number of hydrogen-bond acceptors (Lipinski definition) is 3. The Labute approximate surface area is 96.1 Å². The van der Waals surface area contributed by atoms with Crippen LogP contribution in [0.3, 0.4) is 0 Å². The highest BCUT2D eigenvalue weighted by molar-refractivity contribution is 7.09. The maximum atomic E-state index is 4.29. The molecule has 1 saturated carbocycles. The maximum Gasteiger partial charge on any atom is 0.106 e. The normalized spacial score (nSPS) is 29.5. The molecule has 2 atom stereocenters. The third-order valence-corrected chi connectivity index (χ3v) is 4.11. The second kappa shape index (κ2) is 4.22. The van der Waals surface area contributed by atoms with Gasteiger partial charge in [-0.3, -0.25) is 0 Å². The van der Waals surface area contributed by atoms with Crippen molar-refractivity contribution < 1.29 is 0 Å². The second-order valence-electron chi connectivity index (χ2n) is 5.46. The fourth-order valence-electron chi connectivity index (χ4n) is 2.73. The summed E-state index contributed by atoms with van der Waals surface area (Å²) in [6.07, 6.45) is 4.51. The van der Waals surface area contributed by atoms with E-state index in [0.29, 0.717) is 11.5 Å². The van der Waals surface area contributed by atoms with E-state index in [-0.39, 0.29) is 0 Å². The SMILES string of the molecule is C[C@@H]1CC(C)(C)C[C@H]1NCc1nccs1. The first kappa shape index (κ1) is 11.1. The van der Waals surface area contributed by atoms with Crippen LogP contribution in [0.15, 0.2) is 11.6 Å². The Morgan fingerprint density at radius 3 is 2.87 bits per heavy atom. The van der Waals surface area contributed by atoms with Gasteiger partial charge in [0, 0.05) is 24.2 Å². The molecule has 1 aromatic heterocycles. The van der Waals surface area contributed by atoms with Gasteiger partial charge in [0.15, 0.2) is 0 Å². The largest absolute Gasteiger partial charge is 0.307 e. The summed E-state index contributed by atoms with van der Waals surface area (Å²) >= 11 is 1.73. The number of rotatable bonds is 3. The van der Waals surface area contributed by atoms with Crippen molar-refractivity contribution in [1.82, 2.24) is 10.3 Å². The van der Waals surface area contributed by atoms with Gasteiger partial charge in [0.1, 0.15) is 5.01 Å². The van der Waals surface area contributed by atoms with E-state index in [0.717, 1.165) is 12.5 Å². The molecule has 1 heterocycles. The van der Waals surface area contributed by atoms with Crippen molar-refractivity contribution >= 4 is 11.3 Å². The van der Waals surface area contributed by atoms with Gasteiger partial charge >= 0.3 is 0 Å². The van der Waals surface area contributed by atoms with Gasteiger partial charge in [0.25, 0.3) is 0 Å². The van der Waals surface area contributed by atoms with Gasteiger partial charge in [0.2, 0.25) is 0 Å². The topological polar surface area (TPSA) is 24.9 Å². The average molecular weight is 224 g/mol. The molecule has 1 aromatic rings. The van der Waals surface area contributed by atoms with Crippen molar-refractivity contribution in [3.63, 3.8) is 0 Å². The minimum atomic E-state index is 0.514. The van der Waals surface area contributed by atoms with E-state index < -0.39 is 0 Å². The van der Waals surface area contributed by atoms with Gasteiger partial charge in [-0.1, -0.05) is 20.8 Å². The molecule has 1 aliphatic rings. The van der Waals surface area contributed by atoms with Crippen molar-refractivity contribution in [1.29, 1.82) is 0 Å². The Hall–Kier alpha value is -0.410. The molecule has 84 valence electrons. The summed E-state index contributed by atoms with van der Waals surface area (Å²) in [7, 11) is 0. The van der Waals surface area contributed by atoms with Gasteiger partial charge in [-0.2, -0.15) is 0 Å². The Morgan fingerprint density at radius 2 is 2.33 bits per heavy atom. The second-order valence-corrected chi connectivity index (χ2v) is 6.44. The molecule has 0 unspecified atom stereocenters. The van der Waals surface area contributed by atoms with E-state index in [9.17, 15) is 0 Å². The summed E-state index contributed by atoms with van der Waals surface area (Å²) in [5.74, 6) is 0.792. The summed E-state index contributed by atoms with van der Waals surface area (Å²) < 4.78 is 0. The van der Waals surface area contributed by atoms with Crippen LogP contribution in [0.5, 0.6) is 0 Å². The molecule has 2 rings (SSSR count). The zero-order chi connectivity index (χ0) is 10.9. The van der Waals surface area contributed by atoms with Crippen molar-refractivity contribution in [3.05, 3.63) is 16.6 Å². The minimum Gasteiger partial charge on any atom is -0.307 e. The zero-order valence-corrected chi connectivity index (χ0v) is 10.6. The third kappa shape index (κ3) is 2.79. The predicted octanol–water partition coefficient (Wildman–Crippen LogP) is 3.06. The van der Waals surface area contributed by atoms with Crippen LogP contribution in [0, 0.1) is 11.3 Å². The van der Waals surface area contributed by atoms with E-state index in [2.05, 4.69) is 31.1 Å². The molecule has 0 spiro atoms. The first-order valence-electron chi connectivity index (χ1n) is 5.69. The lowest BCUT2D eigenvalue weighted by atomic mass is 9.91. The summed E-state index contributed by atoms with van der Waals surface area (Å²) in [5.41, 5.74) is 0.514. The van der Waals surface area contributed by atoms with Gasteiger partial charge in [-0.15, -0.1) is 11.3 Å². The van der Waals surface area contributed by atoms with E-state index in [1.54, 1.807) is 11.3 Å². The maximum absolute atomic E-state index is 4.29. The molecule has 2 nitrogen and oxygen atoms in total.